The maximum atomic E-state index is 12.3. The highest BCUT2D eigenvalue weighted by molar-refractivity contribution is 7.99. The highest BCUT2D eigenvalue weighted by atomic mass is 35.5. The second kappa shape index (κ2) is 10.00. The molecule has 8 heteroatoms. The van der Waals surface area contributed by atoms with Crippen LogP contribution in [-0.4, -0.2) is 26.4 Å². The molecule has 2 aromatic carbocycles. The standard InChI is InChI=1S/C22H25ClN4O2S/c1-5-27-21(16(4)29-19-10-14(2)9-15(3)11-19)25-26-22(27)30-13-20(28)24-18-8-6-7-17(23)12-18/h6-12,16H,5,13H2,1-4H3,(H,24,28). The number of carbonyl (C=O) groups excluding carboxylic acids is 1. The first-order valence-electron chi connectivity index (χ1n) is 9.72. The van der Waals surface area contributed by atoms with Gasteiger partial charge in [0.25, 0.3) is 0 Å². The van der Waals surface area contributed by atoms with Gasteiger partial charge in [-0.15, -0.1) is 10.2 Å². The zero-order valence-corrected chi connectivity index (χ0v) is 19.0. The summed E-state index contributed by atoms with van der Waals surface area (Å²) in [6.07, 6.45) is -0.270. The molecule has 6 nitrogen and oxygen atoms in total. The first kappa shape index (κ1) is 22.2. The number of thioether (sulfide) groups is 1. The van der Waals surface area contributed by atoms with Crippen LogP contribution in [0.1, 0.15) is 36.9 Å². The van der Waals surface area contributed by atoms with E-state index in [1.165, 1.54) is 11.8 Å². The molecule has 3 rings (SSSR count). The van der Waals surface area contributed by atoms with Gasteiger partial charge in [-0.25, -0.2) is 0 Å². The molecule has 1 amide bonds. The van der Waals surface area contributed by atoms with Gasteiger partial charge in [-0.3, -0.25) is 4.79 Å². The van der Waals surface area contributed by atoms with Crippen LogP contribution in [0.3, 0.4) is 0 Å². The minimum atomic E-state index is -0.270. The van der Waals surface area contributed by atoms with Gasteiger partial charge in [0.15, 0.2) is 17.1 Å². The number of carbonyl (C=O) groups is 1. The molecule has 1 heterocycles. The minimum Gasteiger partial charge on any atom is -0.483 e. The molecular weight excluding hydrogens is 420 g/mol. The maximum Gasteiger partial charge on any atom is 0.234 e. The van der Waals surface area contributed by atoms with Crippen molar-refractivity contribution in [2.24, 2.45) is 0 Å². The van der Waals surface area contributed by atoms with Crippen molar-refractivity contribution in [3.8, 4) is 5.75 Å². The fourth-order valence-corrected chi connectivity index (χ4v) is 4.16. The van der Waals surface area contributed by atoms with Gasteiger partial charge in [0, 0.05) is 17.3 Å². The van der Waals surface area contributed by atoms with Crippen LogP contribution in [0, 0.1) is 13.8 Å². The van der Waals surface area contributed by atoms with E-state index in [-0.39, 0.29) is 17.8 Å². The SMILES string of the molecule is CCn1c(SCC(=O)Nc2cccc(Cl)c2)nnc1C(C)Oc1cc(C)cc(C)c1. The zero-order valence-electron chi connectivity index (χ0n) is 17.5. The lowest BCUT2D eigenvalue weighted by atomic mass is 10.1. The summed E-state index contributed by atoms with van der Waals surface area (Å²) in [5.41, 5.74) is 2.97. The Morgan fingerprint density at radius 3 is 2.60 bits per heavy atom. The van der Waals surface area contributed by atoms with E-state index in [2.05, 4.69) is 21.6 Å². The minimum absolute atomic E-state index is 0.131. The average molecular weight is 445 g/mol. The third kappa shape index (κ3) is 5.77. The number of amides is 1. The third-order valence-corrected chi connectivity index (χ3v) is 5.58. The third-order valence-electron chi connectivity index (χ3n) is 4.37. The van der Waals surface area contributed by atoms with E-state index >= 15 is 0 Å². The molecule has 1 aromatic heterocycles. The van der Waals surface area contributed by atoms with Gasteiger partial charge in [-0.05, 0) is 69.2 Å². The molecule has 0 aliphatic carbocycles. The lowest BCUT2D eigenvalue weighted by molar-refractivity contribution is -0.113. The van der Waals surface area contributed by atoms with Gasteiger partial charge in [-0.2, -0.15) is 0 Å². The molecule has 0 aliphatic rings. The lowest BCUT2D eigenvalue weighted by Gasteiger charge is -2.16. The van der Waals surface area contributed by atoms with Crippen molar-refractivity contribution in [3.05, 3.63) is 64.4 Å². The van der Waals surface area contributed by atoms with E-state index in [1.807, 2.05) is 44.4 Å². The summed E-state index contributed by atoms with van der Waals surface area (Å²) in [4.78, 5) is 12.3. The Morgan fingerprint density at radius 1 is 1.20 bits per heavy atom. The molecular formula is C22H25ClN4O2S. The number of ether oxygens (including phenoxy) is 1. The van der Waals surface area contributed by atoms with Crippen molar-refractivity contribution in [2.75, 3.05) is 11.1 Å². The van der Waals surface area contributed by atoms with E-state index in [0.717, 1.165) is 22.7 Å². The molecule has 0 saturated heterocycles. The molecule has 1 unspecified atom stereocenters. The number of nitrogens with zero attached hydrogens (tertiary/aromatic N) is 3. The van der Waals surface area contributed by atoms with Crippen LogP contribution in [0.2, 0.25) is 5.02 Å². The van der Waals surface area contributed by atoms with E-state index < -0.39 is 0 Å². The normalized spacial score (nSPS) is 11.9. The zero-order chi connectivity index (χ0) is 21.7. The second-order valence-electron chi connectivity index (χ2n) is 7.02. The Hall–Kier alpha value is -2.51. The Kier molecular flexibility index (Phi) is 7.39. The van der Waals surface area contributed by atoms with Gasteiger partial charge in [-0.1, -0.05) is 35.5 Å². The summed E-state index contributed by atoms with van der Waals surface area (Å²) >= 11 is 7.30. The number of halogens is 1. The number of aryl methyl sites for hydroxylation is 2. The molecule has 30 heavy (non-hydrogen) atoms. The van der Waals surface area contributed by atoms with E-state index in [4.69, 9.17) is 16.3 Å². The molecule has 0 saturated carbocycles. The topological polar surface area (TPSA) is 69.0 Å². The molecule has 158 valence electrons. The molecule has 0 bridgehead atoms. The Morgan fingerprint density at radius 2 is 1.93 bits per heavy atom. The van der Waals surface area contributed by atoms with Crippen LogP contribution in [0.4, 0.5) is 5.69 Å². The van der Waals surface area contributed by atoms with Crippen molar-refractivity contribution in [2.45, 2.75) is 45.5 Å². The highest BCUT2D eigenvalue weighted by Crippen LogP contribution is 2.26. The van der Waals surface area contributed by atoms with Gasteiger partial charge >= 0.3 is 0 Å². The van der Waals surface area contributed by atoms with Crippen molar-refractivity contribution in [1.82, 2.24) is 14.8 Å². The first-order valence-corrected chi connectivity index (χ1v) is 11.1. The van der Waals surface area contributed by atoms with Crippen LogP contribution in [0.15, 0.2) is 47.6 Å². The van der Waals surface area contributed by atoms with Gasteiger partial charge in [0.2, 0.25) is 5.91 Å². The summed E-state index contributed by atoms with van der Waals surface area (Å²) < 4.78 is 8.09. The van der Waals surface area contributed by atoms with Gasteiger partial charge < -0.3 is 14.6 Å². The molecule has 1 atom stereocenters. The smallest absolute Gasteiger partial charge is 0.234 e. The first-order chi connectivity index (χ1) is 14.4. The fourth-order valence-electron chi connectivity index (χ4n) is 3.16. The Bertz CT molecular complexity index is 1020. The second-order valence-corrected chi connectivity index (χ2v) is 8.39. The number of nitrogens with one attached hydrogen (secondary N) is 1. The summed E-state index contributed by atoms with van der Waals surface area (Å²) in [5.74, 6) is 1.63. The number of hydrogen-bond acceptors (Lipinski definition) is 5. The van der Waals surface area contributed by atoms with Crippen LogP contribution in [-0.2, 0) is 11.3 Å². The predicted molar refractivity (Wildman–Crippen MR) is 121 cm³/mol. The Balaban J connectivity index is 1.65. The molecule has 0 aliphatic heterocycles. The van der Waals surface area contributed by atoms with Crippen molar-refractivity contribution in [3.63, 3.8) is 0 Å². The van der Waals surface area contributed by atoms with Crippen molar-refractivity contribution >= 4 is 35.0 Å². The highest BCUT2D eigenvalue weighted by Gasteiger charge is 2.19. The molecule has 0 radical (unpaired) electrons. The predicted octanol–water partition coefficient (Wildman–Crippen LogP) is 5.44. The van der Waals surface area contributed by atoms with Crippen molar-refractivity contribution in [1.29, 1.82) is 0 Å². The van der Waals surface area contributed by atoms with Gasteiger partial charge in [0.1, 0.15) is 5.75 Å². The largest absolute Gasteiger partial charge is 0.483 e. The van der Waals surface area contributed by atoms with Crippen molar-refractivity contribution < 1.29 is 9.53 Å². The van der Waals surface area contributed by atoms with Gasteiger partial charge in [0.05, 0.1) is 5.75 Å². The summed E-state index contributed by atoms with van der Waals surface area (Å²) in [5, 5.41) is 12.7. The van der Waals surface area contributed by atoms with E-state index in [1.54, 1.807) is 24.3 Å². The molecule has 0 fully saturated rings. The average Bonchev–Trinajstić information content (AvgIpc) is 3.08. The fraction of sp³-hybridized carbons (Fsp3) is 0.318. The monoisotopic (exact) mass is 444 g/mol. The van der Waals surface area contributed by atoms with Crippen LogP contribution in [0.5, 0.6) is 5.75 Å². The molecule has 1 N–H and O–H groups in total. The van der Waals surface area contributed by atoms with E-state index in [9.17, 15) is 4.79 Å². The van der Waals surface area contributed by atoms with Crippen LogP contribution >= 0.6 is 23.4 Å². The number of aromatic nitrogens is 3. The molecule has 0 spiro atoms. The van der Waals surface area contributed by atoms with E-state index in [0.29, 0.717) is 22.4 Å². The molecule has 3 aromatic rings. The van der Waals surface area contributed by atoms with Crippen LogP contribution < -0.4 is 10.1 Å². The maximum absolute atomic E-state index is 12.3. The van der Waals surface area contributed by atoms with Crippen LogP contribution in [0.25, 0.3) is 0 Å². The quantitative estimate of drug-likeness (QED) is 0.468. The summed E-state index contributed by atoms with van der Waals surface area (Å²) in [6.45, 7) is 8.74. The number of anilines is 1. The summed E-state index contributed by atoms with van der Waals surface area (Å²) in [6, 6.07) is 13.2. The number of rotatable bonds is 8. The Labute approximate surface area is 186 Å². The number of hydrogen-bond donors (Lipinski definition) is 1. The summed E-state index contributed by atoms with van der Waals surface area (Å²) in [7, 11) is 0. The number of benzene rings is 2. The lowest BCUT2D eigenvalue weighted by Crippen LogP contribution is -2.15.